The Hall–Kier alpha value is -1.51. The third kappa shape index (κ3) is 1.77. The third-order valence-corrected chi connectivity index (χ3v) is 2.68. The quantitative estimate of drug-likeness (QED) is 0.672. The van der Waals surface area contributed by atoms with Gasteiger partial charge in [-0.2, -0.15) is 13.2 Å². The number of rotatable bonds is 1. The Morgan fingerprint density at radius 1 is 1.00 bits per heavy atom. The number of aryl methyl sites for hydroxylation is 1. The molecule has 0 aliphatic heterocycles. The highest BCUT2D eigenvalue weighted by atomic mass is 19.4. The lowest BCUT2D eigenvalue weighted by atomic mass is 9.97. The summed E-state index contributed by atoms with van der Waals surface area (Å²) in [7, 11) is 0. The summed E-state index contributed by atoms with van der Waals surface area (Å²) < 4.78 is 38.5. The number of benzene rings is 2. The van der Waals surface area contributed by atoms with Crippen molar-refractivity contribution in [2.24, 2.45) is 0 Å². The highest BCUT2D eigenvalue weighted by Gasteiger charge is 2.32. The van der Waals surface area contributed by atoms with Crippen LogP contribution in [0.4, 0.5) is 13.2 Å². The Morgan fingerprint density at radius 3 is 2.19 bits per heavy atom. The van der Waals surface area contributed by atoms with Crippen LogP contribution in [0.25, 0.3) is 10.8 Å². The molecule has 2 aromatic rings. The average Bonchev–Trinajstić information content (AvgIpc) is 2.26. The van der Waals surface area contributed by atoms with Gasteiger partial charge in [0.2, 0.25) is 0 Å². The zero-order valence-corrected chi connectivity index (χ0v) is 8.81. The van der Waals surface area contributed by atoms with Crippen LogP contribution >= 0.6 is 0 Å². The van der Waals surface area contributed by atoms with E-state index in [1.807, 2.05) is 6.92 Å². The normalized spacial score (nSPS) is 12.0. The molecule has 0 bridgehead atoms. The van der Waals surface area contributed by atoms with Crippen LogP contribution < -0.4 is 0 Å². The molecular formula is C13H11F3. The fraction of sp³-hybridized carbons (Fsp3) is 0.231. The Morgan fingerprint density at radius 2 is 1.62 bits per heavy atom. The lowest BCUT2D eigenvalue weighted by Crippen LogP contribution is -2.06. The molecule has 0 unspecified atom stereocenters. The lowest BCUT2D eigenvalue weighted by Gasteiger charge is -2.13. The molecule has 0 radical (unpaired) electrons. The van der Waals surface area contributed by atoms with Gasteiger partial charge < -0.3 is 0 Å². The van der Waals surface area contributed by atoms with E-state index in [0.29, 0.717) is 17.2 Å². The molecule has 0 heterocycles. The zero-order valence-electron chi connectivity index (χ0n) is 8.81. The van der Waals surface area contributed by atoms with Gasteiger partial charge in [-0.15, -0.1) is 0 Å². The molecule has 16 heavy (non-hydrogen) atoms. The molecule has 0 aliphatic carbocycles. The van der Waals surface area contributed by atoms with Crippen molar-refractivity contribution in [3.8, 4) is 0 Å². The first kappa shape index (κ1) is 11.0. The average molecular weight is 224 g/mol. The van der Waals surface area contributed by atoms with Crippen molar-refractivity contribution in [3.63, 3.8) is 0 Å². The fourth-order valence-electron chi connectivity index (χ4n) is 1.95. The smallest absolute Gasteiger partial charge is 0.166 e. The van der Waals surface area contributed by atoms with Gasteiger partial charge in [0.05, 0.1) is 5.56 Å². The van der Waals surface area contributed by atoms with Gasteiger partial charge in [-0.25, -0.2) is 0 Å². The summed E-state index contributed by atoms with van der Waals surface area (Å²) >= 11 is 0. The molecule has 84 valence electrons. The fourth-order valence-corrected chi connectivity index (χ4v) is 1.95. The summed E-state index contributed by atoms with van der Waals surface area (Å²) in [5, 5.41) is 0.981. The maximum atomic E-state index is 12.8. The Balaban J connectivity index is 2.84. The van der Waals surface area contributed by atoms with E-state index in [4.69, 9.17) is 0 Å². The molecule has 0 aromatic heterocycles. The molecule has 0 amide bonds. The van der Waals surface area contributed by atoms with E-state index in [-0.39, 0.29) is 0 Å². The summed E-state index contributed by atoms with van der Waals surface area (Å²) in [6, 6.07) is 9.55. The summed E-state index contributed by atoms with van der Waals surface area (Å²) in [6.07, 6.45) is -3.69. The van der Waals surface area contributed by atoms with Crippen molar-refractivity contribution in [2.45, 2.75) is 19.5 Å². The number of halogens is 3. The molecule has 0 spiro atoms. The first-order valence-electron chi connectivity index (χ1n) is 5.12. The van der Waals surface area contributed by atoms with Crippen molar-refractivity contribution in [1.82, 2.24) is 0 Å². The predicted octanol–water partition coefficient (Wildman–Crippen LogP) is 4.42. The van der Waals surface area contributed by atoms with E-state index < -0.39 is 11.7 Å². The van der Waals surface area contributed by atoms with E-state index in [2.05, 4.69) is 0 Å². The molecule has 2 aromatic carbocycles. The number of alkyl halides is 3. The van der Waals surface area contributed by atoms with Gasteiger partial charge in [-0.05, 0) is 28.8 Å². The minimum absolute atomic E-state index is 0.333. The van der Waals surface area contributed by atoms with Gasteiger partial charge >= 0.3 is 6.18 Å². The molecule has 0 saturated carbocycles. The van der Waals surface area contributed by atoms with Crippen LogP contribution in [0.1, 0.15) is 18.1 Å². The summed E-state index contributed by atoms with van der Waals surface area (Å²) in [5.74, 6) is 0. The maximum absolute atomic E-state index is 12.8. The molecule has 0 aliphatic rings. The van der Waals surface area contributed by atoms with Gasteiger partial charge in [-0.3, -0.25) is 0 Å². The standard InChI is InChI=1S/C13H11F3/c1-2-9-5-3-6-10-7-4-8-11(12(9)10)13(14,15)16/h3-8H,2H2,1H3. The second kappa shape index (κ2) is 3.81. The molecule has 0 atom stereocenters. The van der Waals surface area contributed by atoms with Crippen LogP contribution in [0.2, 0.25) is 0 Å². The summed E-state index contributed by atoms with van der Waals surface area (Å²) in [5.41, 5.74) is 0.202. The van der Waals surface area contributed by atoms with Crippen LogP contribution in [0.5, 0.6) is 0 Å². The third-order valence-electron chi connectivity index (χ3n) is 2.68. The van der Waals surface area contributed by atoms with Crippen LogP contribution in [0.3, 0.4) is 0 Å². The Bertz CT molecular complexity index is 507. The van der Waals surface area contributed by atoms with Crippen LogP contribution in [0, 0.1) is 0 Å². The summed E-state index contributed by atoms with van der Waals surface area (Å²) in [4.78, 5) is 0. The van der Waals surface area contributed by atoms with Gasteiger partial charge in [0.25, 0.3) is 0 Å². The predicted molar refractivity (Wildman–Crippen MR) is 58.3 cm³/mol. The largest absolute Gasteiger partial charge is 0.417 e. The van der Waals surface area contributed by atoms with Crippen molar-refractivity contribution < 1.29 is 13.2 Å². The van der Waals surface area contributed by atoms with Crippen molar-refractivity contribution in [2.75, 3.05) is 0 Å². The highest BCUT2D eigenvalue weighted by Crippen LogP contribution is 2.36. The van der Waals surface area contributed by atoms with Crippen molar-refractivity contribution in [1.29, 1.82) is 0 Å². The number of fused-ring (bicyclic) bond motifs is 1. The van der Waals surface area contributed by atoms with E-state index in [1.54, 1.807) is 24.3 Å². The monoisotopic (exact) mass is 224 g/mol. The van der Waals surface area contributed by atoms with E-state index in [1.165, 1.54) is 6.07 Å². The molecule has 0 saturated heterocycles. The second-order valence-electron chi connectivity index (χ2n) is 3.67. The number of hydrogen-bond acceptors (Lipinski definition) is 0. The topological polar surface area (TPSA) is 0 Å². The van der Waals surface area contributed by atoms with Crippen LogP contribution in [-0.4, -0.2) is 0 Å². The van der Waals surface area contributed by atoms with E-state index >= 15 is 0 Å². The first-order valence-corrected chi connectivity index (χ1v) is 5.12. The Kier molecular flexibility index (Phi) is 2.62. The van der Waals surface area contributed by atoms with E-state index in [9.17, 15) is 13.2 Å². The van der Waals surface area contributed by atoms with Gasteiger partial charge in [-0.1, -0.05) is 37.3 Å². The van der Waals surface area contributed by atoms with Crippen molar-refractivity contribution >= 4 is 10.8 Å². The lowest BCUT2D eigenvalue weighted by molar-refractivity contribution is -0.136. The molecule has 0 fully saturated rings. The first-order chi connectivity index (χ1) is 7.54. The zero-order chi connectivity index (χ0) is 11.8. The number of hydrogen-bond donors (Lipinski definition) is 0. The van der Waals surface area contributed by atoms with Gasteiger partial charge in [0.1, 0.15) is 0 Å². The highest BCUT2D eigenvalue weighted by molar-refractivity contribution is 5.89. The van der Waals surface area contributed by atoms with Crippen LogP contribution in [-0.2, 0) is 12.6 Å². The minimum atomic E-state index is -4.29. The SMILES string of the molecule is CCc1cccc2cccc(C(F)(F)F)c12. The molecule has 2 rings (SSSR count). The van der Waals surface area contributed by atoms with Crippen LogP contribution in [0.15, 0.2) is 36.4 Å². The van der Waals surface area contributed by atoms with E-state index in [0.717, 1.165) is 11.6 Å². The minimum Gasteiger partial charge on any atom is -0.166 e. The molecule has 0 nitrogen and oxygen atoms in total. The maximum Gasteiger partial charge on any atom is 0.417 e. The van der Waals surface area contributed by atoms with Gasteiger partial charge in [0.15, 0.2) is 0 Å². The molecular weight excluding hydrogens is 213 g/mol. The second-order valence-corrected chi connectivity index (χ2v) is 3.67. The molecule has 0 N–H and O–H groups in total. The van der Waals surface area contributed by atoms with Crippen molar-refractivity contribution in [3.05, 3.63) is 47.5 Å². The Labute approximate surface area is 91.7 Å². The molecule has 3 heteroatoms. The summed E-state index contributed by atoms with van der Waals surface area (Å²) in [6.45, 7) is 1.86. The van der Waals surface area contributed by atoms with Gasteiger partial charge in [0, 0.05) is 0 Å².